The minimum atomic E-state index is -0.807. The second kappa shape index (κ2) is 11.2. The molecule has 0 aliphatic carbocycles. The van der Waals surface area contributed by atoms with Gasteiger partial charge in [-0.15, -0.1) is 0 Å². The number of aryl methyl sites for hydroxylation is 1. The van der Waals surface area contributed by atoms with E-state index in [4.69, 9.17) is 4.74 Å². The summed E-state index contributed by atoms with van der Waals surface area (Å²) >= 11 is 0. The third kappa shape index (κ3) is 6.10. The number of para-hydroxylation sites is 1. The summed E-state index contributed by atoms with van der Waals surface area (Å²) in [6.07, 6.45) is -0.0739. The van der Waals surface area contributed by atoms with E-state index in [0.29, 0.717) is 18.8 Å². The van der Waals surface area contributed by atoms with Gasteiger partial charge in [-0.1, -0.05) is 24.3 Å². The van der Waals surface area contributed by atoms with E-state index in [9.17, 15) is 14.4 Å². The summed E-state index contributed by atoms with van der Waals surface area (Å²) in [5, 5.41) is 5.66. The number of hydrogen-bond donors (Lipinski definition) is 2. The molecule has 35 heavy (non-hydrogen) atoms. The van der Waals surface area contributed by atoms with Gasteiger partial charge in [0.05, 0.1) is 20.1 Å². The van der Waals surface area contributed by atoms with Gasteiger partial charge in [0.25, 0.3) is 0 Å². The number of methoxy groups -OCH3 is 1. The second-order valence-corrected chi connectivity index (χ2v) is 8.93. The molecule has 3 amide bonds. The van der Waals surface area contributed by atoms with Crippen molar-refractivity contribution in [2.45, 2.75) is 19.4 Å². The fourth-order valence-corrected chi connectivity index (χ4v) is 4.56. The average molecular weight is 480 g/mol. The normalized spacial score (nSPS) is 18.7. The van der Waals surface area contributed by atoms with Crippen LogP contribution in [0.3, 0.4) is 0 Å². The van der Waals surface area contributed by atoms with Crippen LogP contribution in [0.4, 0.5) is 11.4 Å². The van der Waals surface area contributed by atoms with E-state index in [1.54, 1.807) is 12.0 Å². The molecule has 2 aromatic carbocycles. The van der Waals surface area contributed by atoms with Crippen molar-refractivity contribution in [3.63, 3.8) is 0 Å². The van der Waals surface area contributed by atoms with Gasteiger partial charge in [-0.05, 0) is 30.7 Å². The Balaban J connectivity index is 1.33. The van der Waals surface area contributed by atoms with Crippen molar-refractivity contribution in [1.82, 2.24) is 15.1 Å². The van der Waals surface area contributed by atoms with E-state index in [1.807, 2.05) is 49.4 Å². The van der Waals surface area contributed by atoms with Crippen molar-refractivity contribution >= 4 is 29.1 Å². The Morgan fingerprint density at radius 3 is 2.57 bits per heavy atom. The van der Waals surface area contributed by atoms with Crippen molar-refractivity contribution in [1.29, 1.82) is 0 Å². The SMILES string of the molecule is COc1cccc(N2CCN(CC(=O)N3CCNC(=O)C3CC(=O)Nc3ccccc3C)CC2)c1. The lowest BCUT2D eigenvalue weighted by Crippen LogP contribution is -2.60. The third-order valence-electron chi connectivity index (χ3n) is 6.60. The topological polar surface area (TPSA) is 94.2 Å². The largest absolute Gasteiger partial charge is 0.497 e. The Hall–Kier alpha value is -3.59. The molecule has 0 saturated carbocycles. The predicted molar refractivity (Wildman–Crippen MR) is 135 cm³/mol. The Morgan fingerprint density at radius 1 is 1.06 bits per heavy atom. The maximum absolute atomic E-state index is 13.2. The zero-order chi connectivity index (χ0) is 24.8. The van der Waals surface area contributed by atoms with Crippen LogP contribution in [-0.2, 0) is 14.4 Å². The summed E-state index contributed by atoms with van der Waals surface area (Å²) in [6.45, 7) is 6.00. The fourth-order valence-electron chi connectivity index (χ4n) is 4.56. The molecule has 2 fully saturated rings. The van der Waals surface area contributed by atoms with Gasteiger partial charge in [0.15, 0.2) is 0 Å². The van der Waals surface area contributed by atoms with Gasteiger partial charge in [-0.2, -0.15) is 0 Å². The molecule has 2 aliphatic heterocycles. The van der Waals surface area contributed by atoms with E-state index < -0.39 is 6.04 Å². The molecule has 2 heterocycles. The number of anilines is 2. The monoisotopic (exact) mass is 479 g/mol. The first-order valence-electron chi connectivity index (χ1n) is 12.0. The Kier molecular flexibility index (Phi) is 7.87. The van der Waals surface area contributed by atoms with E-state index in [-0.39, 0.29) is 30.7 Å². The summed E-state index contributed by atoms with van der Waals surface area (Å²) in [5.41, 5.74) is 2.75. The van der Waals surface area contributed by atoms with Crippen LogP contribution in [0.15, 0.2) is 48.5 Å². The molecule has 0 radical (unpaired) electrons. The number of ether oxygens (including phenoxy) is 1. The van der Waals surface area contributed by atoms with E-state index >= 15 is 0 Å². The first-order chi connectivity index (χ1) is 16.9. The zero-order valence-corrected chi connectivity index (χ0v) is 20.3. The van der Waals surface area contributed by atoms with Gasteiger partial charge >= 0.3 is 0 Å². The fraction of sp³-hybridized carbons (Fsp3) is 0.423. The molecule has 0 spiro atoms. The highest BCUT2D eigenvalue weighted by atomic mass is 16.5. The molecular weight excluding hydrogens is 446 g/mol. The van der Waals surface area contributed by atoms with Crippen molar-refractivity contribution in [2.75, 3.05) is 63.1 Å². The Morgan fingerprint density at radius 2 is 1.83 bits per heavy atom. The Labute approximate surface area is 206 Å². The van der Waals surface area contributed by atoms with Crippen LogP contribution in [0.5, 0.6) is 5.75 Å². The van der Waals surface area contributed by atoms with Gasteiger partial charge in [-0.25, -0.2) is 0 Å². The van der Waals surface area contributed by atoms with Crippen LogP contribution < -0.4 is 20.3 Å². The number of hydrogen-bond acceptors (Lipinski definition) is 6. The summed E-state index contributed by atoms with van der Waals surface area (Å²) < 4.78 is 5.32. The number of rotatable bonds is 7. The smallest absolute Gasteiger partial charge is 0.243 e. The van der Waals surface area contributed by atoms with Gasteiger partial charge < -0.3 is 25.2 Å². The predicted octanol–water partition coefficient (Wildman–Crippen LogP) is 1.48. The van der Waals surface area contributed by atoms with Crippen molar-refractivity contribution in [3.05, 3.63) is 54.1 Å². The molecular formula is C26H33N5O4. The number of nitrogens with zero attached hydrogens (tertiary/aromatic N) is 3. The highest BCUT2D eigenvalue weighted by Crippen LogP contribution is 2.22. The molecule has 1 unspecified atom stereocenters. The van der Waals surface area contributed by atoms with Gasteiger partial charge in [0.2, 0.25) is 17.7 Å². The standard InChI is InChI=1S/C26H33N5O4/c1-19-6-3-4-9-22(19)28-24(32)17-23-26(34)27-10-11-31(23)25(33)18-29-12-14-30(15-13-29)20-7-5-8-21(16-20)35-2/h3-9,16,23H,10-15,17-18H2,1-2H3,(H,27,34)(H,28,32). The highest BCUT2D eigenvalue weighted by molar-refractivity contribution is 5.98. The minimum absolute atomic E-state index is 0.0739. The molecule has 4 rings (SSSR count). The maximum atomic E-state index is 13.2. The minimum Gasteiger partial charge on any atom is -0.497 e. The number of amides is 3. The van der Waals surface area contributed by atoms with Crippen molar-refractivity contribution < 1.29 is 19.1 Å². The van der Waals surface area contributed by atoms with Crippen molar-refractivity contribution in [3.8, 4) is 5.75 Å². The van der Waals surface area contributed by atoms with Crippen LogP contribution in [0, 0.1) is 6.92 Å². The van der Waals surface area contributed by atoms with Gasteiger partial charge in [-0.3, -0.25) is 19.3 Å². The average Bonchev–Trinajstić information content (AvgIpc) is 2.87. The molecule has 2 saturated heterocycles. The molecule has 9 nitrogen and oxygen atoms in total. The van der Waals surface area contributed by atoms with Crippen LogP contribution in [0.1, 0.15) is 12.0 Å². The lowest BCUT2D eigenvalue weighted by atomic mass is 10.1. The number of carbonyl (C=O) groups excluding carboxylic acids is 3. The lowest BCUT2D eigenvalue weighted by Gasteiger charge is -2.39. The molecule has 1 atom stereocenters. The Bertz CT molecular complexity index is 1070. The summed E-state index contributed by atoms with van der Waals surface area (Å²) in [5.74, 6) is 0.128. The highest BCUT2D eigenvalue weighted by Gasteiger charge is 2.35. The van der Waals surface area contributed by atoms with Crippen LogP contribution in [-0.4, -0.2) is 86.5 Å². The molecule has 2 aliphatic rings. The summed E-state index contributed by atoms with van der Waals surface area (Å²) in [4.78, 5) is 44.4. The maximum Gasteiger partial charge on any atom is 0.243 e. The van der Waals surface area contributed by atoms with E-state index in [0.717, 1.165) is 43.2 Å². The molecule has 2 N–H and O–H groups in total. The van der Waals surface area contributed by atoms with Gasteiger partial charge in [0, 0.05) is 56.7 Å². The number of benzene rings is 2. The molecule has 2 aromatic rings. The summed E-state index contributed by atoms with van der Waals surface area (Å²) in [7, 11) is 1.66. The lowest BCUT2D eigenvalue weighted by molar-refractivity contribution is -0.145. The quantitative estimate of drug-likeness (QED) is 0.625. The van der Waals surface area contributed by atoms with E-state index in [1.165, 1.54) is 0 Å². The molecule has 186 valence electrons. The van der Waals surface area contributed by atoms with Crippen LogP contribution in [0.25, 0.3) is 0 Å². The third-order valence-corrected chi connectivity index (χ3v) is 6.60. The summed E-state index contributed by atoms with van der Waals surface area (Å²) in [6, 6.07) is 14.6. The zero-order valence-electron chi connectivity index (χ0n) is 20.3. The molecule has 0 aromatic heterocycles. The van der Waals surface area contributed by atoms with Crippen LogP contribution >= 0.6 is 0 Å². The number of carbonyl (C=O) groups is 3. The molecule has 9 heteroatoms. The first kappa shape index (κ1) is 24.5. The van der Waals surface area contributed by atoms with Crippen molar-refractivity contribution in [2.24, 2.45) is 0 Å². The molecule has 0 bridgehead atoms. The second-order valence-electron chi connectivity index (χ2n) is 8.93. The number of piperazine rings is 2. The van der Waals surface area contributed by atoms with E-state index in [2.05, 4.69) is 26.5 Å². The number of nitrogens with one attached hydrogen (secondary N) is 2. The van der Waals surface area contributed by atoms with Crippen LogP contribution in [0.2, 0.25) is 0 Å². The first-order valence-corrected chi connectivity index (χ1v) is 12.0. The van der Waals surface area contributed by atoms with Gasteiger partial charge in [0.1, 0.15) is 11.8 Å².